The van der Waals surface area contributed by atoms with E-state index in [1.54, 1.807) is 4.90 Å². The SMILES string of the molecule is [2H]c1c([2H])c([2H])c(-c2c([2H])c([2H])c3c([2H])c(N(c4ccc(-c5ccccc5)cc4)c4cc(-c5nc6ccccc6o5)cc5oc6cc7ccccc7cc6c45)c([2H])c([2H])c3c2[2H])c([2H])c1[2H]. The quantitative estimate of drug-likeness (QED) is 0.172. The van der Waals surface area contributed by atoms with Gasteiger partial charge in [-0.2, -0.15) is 0 Å². The van der Waals surface area contributed by atoms with Crippen LogP contribution in [0.15, 0.2) is 203 Å². The number of para-hydroxylation sites is 2. The second-order valence-corrected chi connectivity index (χ2v) is 13.1. The predicted molar refractivity (Wildman–Crippen MR) is 227 cm³/mol. The molecule has 4 heteroatoms. The second kappa shape index (κ2) is 12.6. The Morgan fingerprint density at radius 1 is 0.455 bits per heavy atom. The molecule has 0 N–H and O–H groups in total. The van der Waals surface area contributed by atoms with Gasteiger partial charge >= 0.3 is 0 Å². The molecule has 258 valence electrons. The highest BCUT2D eigenvalue weighted by Crippen LogP contribution is 2.47. The summed E-state index contributed by atoms with van der Waals surface area (Å²) in [5.74, 6) is 0.271. The highest BCUT2D eigenvalue weighted by atomic mass is 16.3. The van der Waals surface area contributed by atoms with E-state index in [0.29, 0.717) is 50.0 Å². The number of hydrogen-bond donors (Lipinski definition) is 0. The lowest BCUT2D eigenvalue weighted by Gasteiger charge is -2.27. The van der Waals surface area contributed by atoms with Crippen molar-refractivity contribution >= 4 is 71.6 Å². The van der Waals surface area contributed by atoms with Crippen molar-refractivity contribution in [3.63, 3.8) is 0 Å². The molecule has 0 bridgehead atoms. The minimum absolute atomic E-state index is 0.144. The van der Waals surface area contributed by atoms with E-state index in [4.69, 9.17) is 20.7 Å². The third-order valence-corrected chi connectivity index (χ3v) is 9.77. The molecule has 11 rings (SSSR count). The van der Waals surface area contributed by atoms with Crippen LogP contribution in [0, 0.1) is 0 Å². The molecule has 9 aromatic carbocycles. The fourth-order valence-corrected chi connectivity index (χ4v) is 7.16. The monoisotopic (exact) mass is 715 g/mol. The smallest absolute Gasteiger partial charge is 0.227 e. The van der Waals surface area contributed by atoms with Gasteiger partial charge in [-0.05, 0) is 110 Å². The van der Waals surface area contributed by atoms with Gasteiger partial charge in [0.25, 0.3) is 0 Å². The number of anilines is 3. The number of aromatic nitrogens is 1. The molecule has 0 spiro atoms. The maximum atomic E-state index is 9.96. The summed E-state index contributed by atoms with van der Waals surface area (Å²) in [6.45, 7) is 0. The molecule has 11 aromatic rings. The lowest BCUT2D eigenvalue weighted by molar-refractivity contribution is 0.619. The molecule has 0 aliphatic rings. The summed E-state index contributed by atoms with van der Waals surface area (Å²) in [6, 6.07) is 33.2. The fourth-order valence-electron chi connectivity index (χ4n) is 7.16. The molecule has 55 heavy (non-hydrogen) atoms. The van der Waals surface area contributed by atoms with Gasteiger partial charge in [0.1, 0.15) is 16.7 Å². The molecule has 0 aliphatic carbocycles. The number of benzene rings is 9. The van der Waals surface area contributed by atoms with E-state index >= 15 is 0 Å². The van der Waals surface area contributed by atoms with Crippen molar-refractivity contribution in [3.8, 4) is 33.7 Å². The predicted octanol–water partition coefficient (Wildman–Crippen LogP) is 14.5. The van der Waals surface area contributed by atoms with Crippen molar-refractivity contribution < 1.29 is 23.9 Å². The van der Waals surface area contributed by atoms with Crippen LogP contribution in [-0.4, -0.2) is 4.98 Å². The largest absolute Gasteiger partial charge is 0.456 e. The van der Waals surface area contributed by atoms with Crippen LogP contribution in [0.2, 0.25) is 0 Å². The Labute approximate surface area is 332 Å². The van der Waals surface area contributed by atoms with Crippen molar-refractivity contribution in [2.24, 2.45) is 0 Å². The lowest BCUT2D eigenvalue weighted by Crippen LogP contribution is -2.10. The van der Waals surface area contributed by atoms with Crippen molar-refractivity contribution in [1.82, 2.24) is 4.98 Å². The number of hydrogen-bond acceptors (Lipinski definition) is 4. The molecule has 4 nitrogen and oxygen atoms in total. The summed E-state index contributed by atoms with van der Waals surface area (Å²) in [6.07, 6.45) is 0. The standard InChI is InChI=1S/C51H32N2O2/c1-3-11-33(12-4-1)35-21-24-42(25-22-35)53(43-26-23-39-27-38(19-20-40(39)28-43)34-13-5-2-6-14-34)46-30-41(51-52-45-17-9-10-18-47(45)55-51)32-49-50(46)44-29-36-15-7-8-16-37(36)31-48(44)54-49/h1-32H/i2D,5D,6D,13D,14D,19D,20D,23D,26D,27D,28D. The van der Waals surface area contributed by atoms with Crippen LogP contribution in [-0.2, 0) is 0 Å². The third-order valence-electron chi connectivity index (χ3n) is 9.77. The minimum atomic E-state index is -0.694. The second-order valence-electron chi connectivity index (χ2n) is 13.1. The Bertz CT molecular complexity index is 3790. The number of fused-ring (bicyclic) bond motifs is 6. The molecule has 0 unspecified atom stereocenters. The van der Waals surface area contributed by atoms with E-state index in [1.807, 2.05) is 127 Å². The first kappa shape index (κ1) is 21.9. The first-order valence-corrected chi connectivity index (χ1v) is 17.6. The van der Waals surface area contributed by atoms with Gasteiger partial charge in [-0.25, -0.2) is 4.98 Å². The van der Waals surface area contributed by atoms with Crippen LogP contribution < -0.4 is 4.90 Å². The van der Waals surface area contributed by atoms with Crippen molar-refractivity contribution in [1.29, 1.82) is 0 Å². The summed E-state index contributed by atoms with van der Waals surface area (Å²) in [4.78, 5) is 6.46. The van der Waals surface area contributed by atoms with Gasteiger partial charge in [0.15, 0.2) is 5.58 Å². The summed E-state index contributed by atoms with van der Waals surface area (Å²) >= 11 is 0. The minimum Gasteiger partial charge on any atom is -0.456 e. The molecule has 0 aliphatic heterocycles. The average molecular weight is 716 g/mol. The van der Waals surface area contributed by atoms with Crippen LogP contribution in [0.1, 0.15) is 15.1 Å². The highest BCUT2D eigenvalue weighted by molar-refractivity contribution is 6.17. The van der Waals surface area contributed by atoms with Gasteiger partial charge in [-0.15, -0.1) is 0 Å². The molecule has 0 atom stereocenters. The van der Waals surface area contributed by atoms with Crippen LogP contribution in [0.5, 0.6) is 0 Å². The van der Waals surface area contributed by atoms with E-state index in [1.165, 1.54) is 0 Å². The zero-order chi connectivity index (χ0) is 45.9. The molecule has 0 fully saturated rings. The average Bonchev–Trinajstić information content (AvgIpc) is 3.94. The van der Waals surface area contributed by atoms with Crippen LogP contribution in [0.25, 0.3) is 88.3 Å². The normalized spacial score (nSPS) is 14.4. The number of oxazole rings is 1. The van der Waals surface area contributed by atoms with Gasteiger partial charge < -0.3 is 13.7 Å². The van der Waals surface area contributed by atoms with Crippen molar-refractivity contribution in [2.75, 3.05) is 4.90 Å². The van der Waals surface area contributed by atoms with Gasteiger partial charge in [0, 0.05) is 22.3 Å². The third kappa shape index (κ3) is 5.43. The van der Waals surface area contributed by atoms with E-state index in [9.17, 15) is 8.22 Å². The van der Waals surface area contributed by atoms with Gasteiger partial charge in [-0.3, -0.25) is 0 Å². The number of nitrogens with zero attached hydrogens (tertiary/aromatic N) is 2. The zero-order valence-corrected chi connectivity index (χ0v) is 28.8. The number of rotatable bonds is 6. The van der Waals surface area contributed by atoms with E-state index in [0.717, 1.165) is 21.9 Å². The number of furan rings is 1. The van der Waals surface area contributed by atoms with E-state index in [-0.39, 0.29) is 22.4 Å². The Balaban J connectivity index is 1.26. The Morgan fingerprint density at radius 2 is 1.18 bits per heavy atom. The first-order chi connectivity index (χ1) is 31.8. The maximum absolute atomic E-state index is 9.96. The summed E-state index contributed by atoms with van der Waals surface area (Å²) in [5.41, 5.74) is 4.26. The summed E-state index contributed by atoms with van der Waals surface area (Å²) < 4.78 is 112. The molecule has 0 saturated carbocycles. The van der Waals surface area contributed by atoms with Crippen LogP contribution >= 0.6 is 0 Å². The highest BCUT2D eigenvalue weighted by Gasteiger charge is 2.23. The van der Waals surface area contributed by atoms with Crippen LogP contribution in [0.4, 0.5) is 17.1 Å². The lowest BCUT2D eigenvalue weighted by atomic mass is 9.99. The van der Waals surface area contributed by atoms with Crippen molar-refractivity contribution in [3.05, 3.63) is 194 Å². The zero-order valence-electron chi connectivity index (χ0n) is 39.8. The maximum Gasteiger partial charge on any atom is 0.227 e. The molecular formula is C51H32N2O2. The molecule has 0 amide bonds. The van der Waals surface area contributed by atoms with E-state index < -0.39 is 77.6 Å². The van der Waals surface area contributed by atoms with Crippen molar-refractivity contribution in [2.45, 2.75) is 0 Å². The molecule has 0 radical (unpaired) electrons. The van der Waals surface area contributed by atoms with Crippen LogP contribution in [0.3, 0.4) is 0 Å². The Kier molecular flexibility index (Phi) is 5.03. The molecule has 2 heterocycles. The van der Waals surface area contributed by atoms with E-state index in [2.05, 4.69) is 0 Å². The van der Waals surface area contributed by atoms with Gasteiger partial charge in [-0.1, -0.05) is 127 Å². The topological polar surface area (TPSA) is 42.4 Å². The Hall–Kier alpha value is -7.43. The fraction of sp³-hybridized carbons (Fsp3) is 0. The molecule has 2 aromatic heterocycles. The van der Waals surface area contributed by atoms with Gasteiger partial charge in [0.2, 0.25) is 5.89 Å². The summed E-state index contributed by atoms with van der Waals surface area (Å²) in [7, 11) is 0. The van der Waals surface area contributed by atoms with Gasteiger partial charge in [0.05, 0.1) is 26.2 Å². The molecule has 0 saturated heterocycles. The molecular weight excluding hydrogens is 673 g/mol. The summed E-state index contributed by atoms with van der Waals surface area (Å²) in [5, 5.41) is 2.54. The first-order valence-electron chi connectivity index (χ1n) is 23.1. The Morgan fingerprint density at radius 3 is 2.02 bits per heavy atom.